The van der Waals surface area contributed by atoms with Gasteiger partial charge in [0.05, 0.1) is 6.10 Å². The highest BCUT2D eigenvalue weighted by Crippen LogP contribution is 2.25. The van der Waals surface area contributed by atoms with Crippen LogP contribution in [0.2, 0.25) is 5.02 Å². The van der Waals surface area contributed by atoms with Gasteiger partial charge < -0.3 is 10.1 Å². The lowest BCUT2D eigenvalue weighted by molar-refractivity contribution is -0.00472. The Morgan fingerprint density at radius 2 is 2.21 bits per heavy atom. The highest BCUT2D eigenvalue weighted by Gasteiger charge is 2.23. The number of hydrogen-bond donors (Lipinski definition) is 1. The molecule has 2 rings (SSSR count). The van der Waals surface area contributed by atoms with Crippen molar-refractivity contribution in [2.45, 2.75) is 57.7 Å². The van der Waals surface area contributed by atoms with Gasteiger partial charge in [-0.15, -0.1) is 0 Å². The molecule has 2 unspecified atom stereocenters. The molecule has 1 aromatic carbocycles. The highest BCUT2D eigenvalue weighted by atomic mass is 35.5. The zero-order valence-corrected chi connectivity index (χ0v) is 12.6. The van der Waals surface area contributed by atoms with Crippen LogP contribution in [0, 0.1) is 0 Å². The van der Waals surface area contributed by atoms with E-state index in [4.69, 9.17) is 16.3 Å². The molecule has 1 saturated heterocycles. The van der Waals surface area contributed by atoms with Crippen LogP contribution >= 0.6 is 11.6 Å². The lowest BCUT2D eigenvalue weighted by atomic mass is 9.98. The maximum Gasteiger partial charge on any atom is 0.0589 e. The maximum atomic E-state index is 6.25. The third-order valence-electron chi connectivity index (χ3n) is 3.84. The summed E-state index contributed by atoms with van der Waals surface area (Å²) in [5.74, 6) is 0. The average molecular weight is 282 g/mol. The van der Waals surface area contributed by atoms with Crippen molar-refractivity contribution in [3.8, 4) is 0 Å². The van der Waals surface area contributed by atoms with Crippen LogP contribution in [0.15, 0.2) is 24.3 Å². The predicted molar refractivity (Wildman–Crippen MR) is 80.7 cm³/mol. The molecule has 1 aromatic rings. The van der Waals surface area contributed by atoms with Gasteiger partial charge >= 0.3 is 0 Å². The normalized spacial score (nSPS) is 25.2. The standard InChI is InChI=1S/C16H24ClNO/c1-3-6-14-11-13(9-10-19-14)18-12(2)15-7-4-5-8-16(15)17/h4-5,7-8,12-14,18H,3,6,9-11H2,1-2H3/t12-,13?,14?/m1/s1. The van der Waals surface area contributed by atoms with Crippen molar-refractivity contribution >= 4 is 11.6 Å². The Morgan fingerprint density at radius 1 is 1.42 bits per heavy atom. The van der Waals surface area contributed by atoms with E-state index in [-0.39, 0.29) is 0 Å². The first kappa shape index (κ1) is 14.8. The fraction of sp³-hybridized carbons (Fsp3) is 0.625. The Hall–Kier alpha value is -0.570. The van der Waals surface area contributed by atoms with E-state index in [1.807, 2.05) is 18.2 Å². The smallest absolute Gasteiger partial charge is 0.0589 e. The van der Waals surface area contributed by atoms with Crippen LogP contribution < -0.4 is 5.32 Å². The van der Waals surface area contributed by atoms with Gasteiger partial charge in [0, 0.05) is 23.7 Å². The van der Waals surface area contributed by atoms with E-state index in [1.54, 1.807) is 0 Å². The molecule has 0 aliphatic carbocycles. The summed E-state index contributed by atoms with van der Waals surface area (Å²) in [4.78, 5) is 0. The van der Waals surface area contributed by atoms with Crippen LogP contribution in [0.5, 0.6) is 0 Å². The van der Waals surface area contributed by atoms with Crippen LogP contribution in [0.4, 0.5) is 0 Å². The Morgan fingerprint density at radius 3 is 2.95 bits per heavy atom. The first-order valence-electron chi connectivity index (χ1n) is 7.32. The van der Waals surface area contributed by atoms with Crippen molar-refractivity contribution in [2.24, 2.45) is 0 Å². The van der Waals surface area contributed by atoms with E-state index in [0.29, 0.717) is 18.2 Å². The minimum atomic E-state index is 0.291. The van der Waals surface area contributed by atoms with Crippen molar-refractivity contribution in [1.29, 1.82) is 0 Å². The first-order valence-corrected chi connectivity index (χ1v) is 7.70. The van der Waals surface area contributed by atoms with Gasteiger partial charge in [-0.2, -0.15) is 0 Å². The predicted octanol–water partition coefficient (Wildman–Crippen LogP) is 4.34. The zero-order valence-electron chi connectivity index (χ0n) is 11.9. The Bertz CT molecular complexity index is 394. The summed E-state index contributed by atoms with van der Waals surface area (Å²) in [7, 11) is 0. The second kappa shape index (κ2) is 7.28. The zero-order chi connectivity index (χ0) is 13.7. The quantitative estimate of drug-likeness (QED) is 0.867. The Labute approximate surface area is 121 Å². The fourth-order valence-electron chi connectivity index (χ4n) is 2.82. The lowest BCUT2D eigenvalue weighted by Gasteiger charge is -2.32. The largest absolute Gasteiger partial charge is 0.378 e. The van der Waals surface area contributed by atoms with Crippen molar-refractivity contribution < 1.29 is 4.74 Å². The van der Waals surface area contributed by atoms with Gasteiger partial charge in [0.15, 0.2) is 0 Å². The summed E-state index contributed by atoms with van der Waals surface area (Å²) in [6.45, 7) is 5.27. The highest BCUT2D eigenvalue weighted by molar-refractivity contribution is 6.31. The topological polar surface area (TPSA) is 21.3 Å². The van der Waals surface area contributed by atoms with Gasteiger partial charge in [0.25, 0.3) is 0 Å². The molecule has 0 bridgehead atoms. The number of ether oxygens (including phenoxy) is 1. The molecular weight excluding hydrogens is 258 g/mol. The van der Waals surface area contributed by atoms with Crippen LogP contribution in [0.3, 0.4) is 0 Å². The van der Waals surface area contributed by atoms with E-state index in [1.165, 1.54) is 18.4 Å². The molecule has 1 N–H and O–H groups in total. The molecule has 3 atom stereocenters. The Balaban J connectivity index is 1.91. The lowest BCUT2D eigenvalue weighted by Crippen LogP contribution is -2.40. The summed E-state index contributed by atoms with van der Waals surface area (Å²) >= 11 is 6.25. The molecular formula is C16H24ClNO. The van der Waals surface area contributed by atoms with Crippen LogP contribution in [-0.4, -0.2) is 18.8 Å². The molecule has 1 fully saturated rings. The van der Waals surface area contributed by atoms with Gasteiger partial charge in [-0.25, -0.2) is 0 Å². The molecule has 2 nitrogen and oxygen atoms in total. The van der Waals surface area contributed by atoms with Crippen molar-refractivity contribution in [2.75, 3.05) is 6.61 Å². The maximum absolute atomic E-state index is 6.25. The van der Waals surface area contributed by atoms with Crippen molar-refractivity contribution in [3.05, 3.63) is 34.9 Å². The second-order valence-electron chi connectivity index (χ2n) is 5.41. The minimum Gasteiger partial charge on any atom is -0.378 e. The van der Waals surface area contributed by atoms with E-state index in [0.717, 1.165) is 24.5 Å². The summed E-state index contributed by atoms with van der Waals surface area (Å²) < 4.78 is 5.79. The van der Waals surface area contributed by atoms with Gasteiger partial charge in [-0.05, 0) is 37.8 Å². The number of hydrogen-bond acceptors (Lipinski definition) is 2. The van der Waals surface area contributed by atoms with Crippen molar-refractivity contribution in [1.82, 2.24) is 5.32 Å². The van der Waals surface area contributed by atoms with Crippen LogP contribution in [0.1, 0.15) is 51.1 Å². The van der Waals surface area contributed by atoms with E-state index >= 15 is 0 Å². The summed E-state index contributed by atoms with van der Waals surface area (Å²) in [6, 6.07) is 8.91. The van der Waals surface area contributed by atoms with Gasteiger partial charge in [-0.3, -0.25) is 0 Å². The molecule has 0 saturated carbocycles. The van der Waals surface area contributed by atoms with Gasteiger partial charge in [0.2, 0.25) is 0 Å². The molecule has 0 radical (unpaired) electrons. The molecule has 3 heteroatoms. The molecule has 106 valence electrons. The number of halogens is 1. The van der Waals surface area contributed by atoms with E-state index < -0.39 is 0 Å². The van der Waals surface area contributed by atoms with Crippen molar-refractivity contribution in [3.63, 3.8) is 0 Å². The summed E-state index contributed by atoms with van der Waals surface area (Å²) in [6.07, 6.45) is 4.99. The molecule has 0 spiro atoms. The average Bonchev–Trinajstić information content (AvgIpc) is 2.40. The van der Waals surface area contributed by atoms with Gasteiger partial charge in [-0.1, -0.05) is 43.1 Å². The molecule has 1 heterocycles. The SMILES string of the molecule is CCCC1CC(N[C@H](C)c2ccccc2Cl)CCO1. The number of nitrogens with one attached hydrogen (secondary N) is 1. The molecule has 19 heavy (non-hydrogen) atoms. The number of benzene rings is 1. The summed E-state index contributed by atoms with van der Waals surface area (Å²) in [5, 5.41) is 4.55. The van der Waals surface area contributed by atoms with Crippen LogP contribution in [-0.2, 0) is 4.74 Å². The van der Waals surface area contributed by atoms with Gasteiger partial charge in [0.1, 0.15) is 0 Å². The summed E-state index contributed by atoms with van der Waals surface area (Å²) in [5.41, 5.74) is 1.18. The monoisotopic (exact) mass is 281 g/mol. The second-order valence-corrected chi connectivity index (χ2v) is 5.82. The fourth-order valence-corrected chi connectivity index (χ4v) is 3.12. The van der Waals surface area contributed by atoms with Crippen LogP contribution in [0.25, 0.3) is 0 Å². The minimum absolute atomic E-state index is 0.291. The third-order valence-corrected chi connectivity index (χ3v) is 4.18. The van der Waals surface area contributed by atoms with E-state index in [9.17, 15) is 0 Å². The molecule has 0 amide bonds. The number of rotatable bonds is 5. The first-order chi connectivity index (χ1) is 9.20. The van der Waals surface area contributed by atoms with E-state index in [2.05, 4.69) is 25.2 Å². The third kappa shape index (κ3) is 4.20. The molecule has 1 aliphatic heterocycles. The molecule has 1 aliphatic rings. The Kier molecular flexibility index (Phi) is 5.68. The molecule has 0 aromatic heterocycles.